The molecule has 0 radical (unpaired) electrons. The van der Waals surface area contributed by atoms with Crippen LogP contribution in [0.15, 0.2) is 29.3 Å². The number of non-ortho nitro benzene ring substituents is 1. The Hall–Kier alpha value is -1.95. The first kappa shape index (κ1) is 25.3. The summed E-state index contributed by atoms with van der Waals surface area (Å²) in [6.45, 7) is 8.06. The Morgan fingerprint density at radius 3 is 2.45 bits per heavy atom. The molecule has 2 heterocycles. The highest BCUT2D eigenvalue weighted by atomic mass is 127. The van der Waals surface area contributed by atoms with Crippen molar-refractivity contribution in [2.45, 2.75) is 51.8 Å². The van der Waals surface area contributed by atoms with Gasteiger partial charge < -0.3 is 19.9 Å². The van der Waals surface area contributed by atoms with E-state index in [0.717, 1.165) is 30.8 Å². The van der Waals surface area contributed by atoms with Crippen LogP contribution in [0.25, 0.3) is 0 Å². The lowest BCUT2D eigenvalue weighted by Gasteiger charge is -2.38. The minimum atomic E-state index is -0.402. The summed E-state index contributed by atoms with van der Waals surface area (Å²) in [6.07, 6.45) is 2.46. The predicted octanol–water partition coefficient (Wildman–Crippen LogP) is 2.78. The molecular weight excluding hydrogens is 513 g/mol. The number of amides is 1. The normalized spacial score (nSPS) is 20.2. The maximum atomic E-state index is 12.6. The van der Waals surface area contributed by atoms with Gasteiger partial charge in [-0.05, 0) is 31.7 Å². The number of guanidine groups is 1. The van der Waals surface area contributed by atoms with Crippen molar-refractivity contribution < 1.29 is 14.5 Å². The fraction of sp³-hybridized carbons (Fsp3) is 0.619. The molecule has 2 saturated heterocycles. The summed E-state index contributed by atoms with van der Waals surface area (Å²) in [5, 5.41) is 14.3. The highest BCUT2D eigenvalue weighted by molar-refractivity contribution is 14.0. The van der Waals surface area contributed by atoms with Gasteiger partial charge in [0, 0.05) is 51.0 Å². The average molecular weight is 545 g/mol. The van der Waals surface area contributed by atoms with E-state index in [2.05, 4.69) is 24.1 Å². The topological polar surface area (TPSA) is 100 Å². The lowest BCUT2D eigenvalue weighted by Crippen LogP contribution is -2.56. The van der Waals surface area contributed by atoms with Crippen LogP contribution in [0, 0.1) is 10.1 Å². The molecule has 2 unspecified atom stereocenters. The summed E-state index contributed by atoms with van der Waals surface area (Å²) < 4.78 is 5.54. The zero-order chi connectivity index (χ0) is 21.5. The Kier molecular flexibility index (Phi) is 9.94. The number of hydrogen-bond donors (Lipinski definition) is 1. The van der Waals surface area contributed by atoms with Crippen LogP contribution in [0.4, 0.5) is 5.69 Å². The summed E-state index contributed by atoms with van der Waals surface area (Å²) in [5.41, 5.74) is 0.990. The number of carbonyl (C=O) groups excluding carboxylic acids is 1. The van der Waals surface area contributed by atoms with Crippen molar-refractivity contribution >= 4 is 41.5 Å². The molecule has 0 saturated carbocycles. The molecule has 2 aliphatic heterocycles. The van der Waals surface area contributed by atoms with Gasteiger partial charge in [-0.1, -0.05) is 19.1 Å². The van der Waals surface area contributed by atoms with Crippen LogP contribution in [0.5, 0.6) is 0 Å². The van der Waals surface area contributed by atoms with Crippen molar-refractivity contribution in [1.29, 1.82) is 0 Å². The maximum Gasteiger partial charge on any atom is 0.269 e. The van der Waals surface area contributed by atoms with Crippen LogP contribution >= 0.6 is 24.0 Å². The molecule has 10 heteroatoms. The molecule has 1 aromatic rings. The lowest BCUT2D eigenvalue weighted by molar-refractivity contribution is -0.384. The van der Waals surface area contributed by atoms with Crippen LogP contribution < -0.4 is 5.32 Å². The van der Waals surface area contributed by atoms with Gasteiger partial charge in [0.05, 0.1) is 11.5 Å². The first-order valence-electron chi connectivity index (χ1n) is 10.7. The summed E-state index contributed by atoms with van der Waals surface area (Å²) >= 11 is 0. The predicted molar refractivity (Wildman–Crippen MR) is 130 cm³/mol. The first-order valence-corrected chi connectivity index (χ1v) is 10.7. The number of piperazine rings is 1. The van der Waals surface area contributed by atoms with E-state index in [1.807, 2.05) is 4.90 Å². The monoisotopic (exact) mass is 545 g/mol. The van der Waals surface area contributed by atoms with Gasteiger partial charge in [-0.25, -0.2) is 4.99 Å². The second kappa shape index (κ2) is 12.2. The van der Waals surface area contributed by atoms with Gasteiger partial charge in [-0.15, -0.1) is 24.0 Å². The number of hydrogen-bond acceptors (Lipinski definition) is 5. The van der Waals surface area contributed by atoms with E-state index in [0.29, 0.717) is 39.3 Å². The smallest absolute Gasteiger partial charge is 0.269 e. The molecule has 2 fully saturated rings. The Morgan fingerprint density at radius 2 is 1.90 bits per heavy atom. The Bertz CT molecular complexity index is 760. The second-order valence-electron chi connectivity index (χ2n) is 7.83. The highest BCUT2D eigenvalue weighted by Crippen LogP contribution is 2.17. The number of nitrogens with one attached hydrogen (secondary N) is 1. The molecule has 2 aliphatic rings. The van der Waals surface area contributed by atoms with E-state index in [9.17, 15) is 14.9 Å². The summed E-state index contributed by atoms with van der Waals surface area (Å²) in [4.78, 5) is 31.8. The Balaban J connectivity index is 0.00000341. The third-order valence-corrected chi connectivity index (χ3v) is 5.64. The SMILES string of the molecule is CCC(C)NC(=NCc1ccc([N+](=O)[O-])cc1)N1CCN(C(=O)C2CCCO2)CC1.I. The van der Waals surface area contributed by atoms with E-state index in [1.165, 1.54) is 12.1 Å². The first-order chi connectivity index (χ1) is 14.5. The molecule has 0 bridgehead atoms. The summed E-state index contributed by atoms with van der Waals surface area (Å²) in [6, 6.07) is 6.75. The number of rotatable bonds is 6. The van der Waals surface area contributed by atoms with Gasteiger partial charge in [0.15, 0.2) is 5.96 Å². The quantitative estimate of drug-likeness (QED) is 0.194. The van der Waals surface area contributed by atoms with Gasteiger partial charge in [-0.2, -0.15) is 0 Å². The Morgan fingerprint density at radius 1 is 1.26 bits per heavy atom. The van der Waals surface area contributed by atoms with Crippen molar-refractivity contribution in [3.8, 4) is 0 Å². The number of halogens is 1. The zero-order valence-corrected chi connectivity index (χ0v) is 20.5. The lowest BCUT2D eigenvalue weighted by atomic mass is 10.2. The highest BCUT2D eigenvalue weighted by Gasteiger charge is 2.31. The van der Waals surface area contributed by atoms with Crippen LogP contribution in [-0.2, 0) is 16.1 Å². The van der Waals surface area contributed by atoms with Crippen LogP contribution in [0.2, 0.25) is 0 Å². The van der Waals surface area contributed by atoms with Crippen molar-refractivity contribution in [2.24, 2.45) is 4.99 Å². The van der Waals surface area contributed by atoms with Crippen molar-refractivity contribution in [3.63, 3.8) is 0 Å². The molecule has 0 aliphatic carbocycles. The van der Waals surface area contributed by atoms with Gasteiger partial charge in [0.2, 0.25) is 0 Å². The largest absolute Gasteiger partial charge is 0.368 e. The minimum Gasteiger partial charge on any atom is -0.368 e. The summed E-state index contributed by atoms with van der Waals surface area (Å²) in [7, 11) is 0. The molecule has 1 amide bonds. The fourth-order valence-corrected chi connectivity index (χ4v) is 3.56. The standard InChI is InChI=1S/C21H31N5O4.HI/c1-3-16(2)23-21(22-15-17-6-8-18(9-7-17)26(28)29)25-12-10-24(11-13-25)20(27)19-5-4-14-30-19;/h6-9,16,19H,3-5,10-15H2,1-2H3,(H,22,23);1H. The van der Waals surface area contributed by atoms with E-state index in [-0.39, 0.29) is 47.7 Å². The minimum absolute atomic E-state index is 0. The van der Waals surface area contributed by atoms with Gasteiger partial charge in [0.25, 0.3) is 11.6 Å². The zero-order valence-electron chi connectivity index (χ0n) is 18.2. The molecule has 1 aromatic carbocycles. The van der Waals surface area contributed by atoms with Crippen LogP contribution in [0.3, 0.4) is 0 Å². The third kappa shape index (κ3) is 7.03. The molecule has 1 N–H and O–H groups in total. The van der Waals surface area contributed by atoms with Crippen molar-refractivity contribution in [2.75, 3.05) is 32.8 Å². The van der Waals surface area contributed by atoms with Gasteiger partial charge >= 0.3 is 0 Å². The number of nitro benzene ring substituents is 1. The van der Waals surface area contributed by atoms with Crippen LogP contribution in [-0.4, -0.2) is 71.5 Å². The maximum absolute atomic E-state index is 12.6. The summed E-state index contributed by atoms with van der Waals surface area (Å²) in [5.74, 6) is 0.915. The molecule has 9 nitrogen and oxygen atoms in total. The fourth-order valence-electron chi connectivity index (χ4n) is 3.56. The number of ether oxygens (including phenoxy) is 1. The van der Waals surface area contributed by atoms with Gasteiger partial charge in [-0.3, -0.25) is 14.9 Å². The second-order valence-corrected chi connectivity index (χ2v) is 7.83. The van der Waals surface area contributed by atoms with Gasteiger partial charge in [0.1, 0.15) is 6.10 Å². The van der Waals surface area contributed by atoms with Crippen LogP contribution in [0.1, 0.15) is 38.7 Å². The van der Waals surface area contributed by atoms with Crippen molar-refractivity contribution in [1.82, 2.24) is 15.1 Å². The third-order valence-electron chi connectivity index (χ3n) is 5.64. The van der Waals surface area contributed by atoms with Crippen molar-refractivity contribution in [3.05, 3.63) is 39.9 Å². The number of nitro groups is 1. The van der Waals surface area contributed by atoms with E-state index < -0.39 is 4.92 Å². The molecule has 2 atom stereocenters. The molecule has 172 valence electrons. The van der Waals surface area contributed by atoms with E-state index in [1.54, 1.807) is 12.1 Å². The Labute approximate surface area is 200 Å². The van der Waals surface area contributed by atoms with E-state index >= 15 is 0 Å². The molecule has 0 aromatic heterocycles. The average Bonchev–Trinajstić information content (AvgIpc) is 3.31. The number of nitrogens with zero attached hydrogens (tertiary/aromatic N) is 4. The molecule has 31 heavy (non-hydrogen) atoms. The number of carbonyl (C=O) groups is 1. The molecular formula is C21H32IN5O4. The van der Waals surface area contributed by atoms with E-state index in [4.69, 9.17) is 9.73 Å². The molecule has 3 rings (SSSR count). The molecule has 0 spiro atoms. The number of benzene rings is 1. The number of aliphatic imine (C=N–C) groups is 1.